The number of aromatic nitrogens is 6. The first-order valence-corrected chi connectivity index (χ1v) is 10.2. The van der Waals surface area contributed by atoms with Crippen molar-refractivity contribution < 1.29 is 9.84 Å². The highest BCUT2D eigenvalue weighted by molar-refractivity contribution is 5.80. The van der Waals surface area contributed by atoms with Crippen molar-refractivity contribution in [3.63, 3.8) is 0 Å². The summed E-state index contributed by atoms with van der Waals surface area (Å²) in [6.07, 6.45) is 0.988. The summed E-state index contributed by atoms with van der Waals surface area (Å²) in [6.45, 7) is 3.99. The third-order valence-electron chi connectivity index (χ3n) is 5.65. The van der Waals surface area contributed by atoms with Gasteiger partial charge in [-0.15, -0.1) is 10.2 Å². The lowest BCUT2D eigenvalue weighted by atomic mass is 9.95. The Labute approximate surface area is 184 Å². The number of imidazole rings is 1. The molecular formula is C24H22N6O2. The van der Waals surface area contributed by atoms with Gasteiger partial charge in [-0.2, -0.15) is 10.2 Å². The van der Waals surface area contributed by atoms with Gasteiger partial charge in [0.2, 0.25) is 11.7 Å². The number of aryl methyl sites for hydroxylation is 2. The molecule has 0 saturated carbocycles. The monoisotopic (exact) mass is 426 g/mol. The molecule has 0 aliphatic carbocycles. The molecule has 8 heteroatoms. The van der Waals surface area contributed by atoms with E-state index in [1.807, 2.05) is 79.0 Å². The van der Waals surface area contributed by atoms with Crippen LogP contribution in [-0.4, -0.2) is 42.2 Å². The Morgan fingerprint density at radius 1 is 1.00 bits per heavy atom. The van der Waals surface area contributed by atoms with E-state index < -0.39 is 6.10 Å². The first-order valence-electron chi connectivity index (χ1n) is 10.2. The fourth-order valence-corrected chi connectivity index (χ4v) is 4.13. The lowest BCUT2D eigenvalue weighted by Gasteiger charge is -2.18. The van der Waals surface area contributed by atoms with Gasteiger partial charge in [0.25, 0.3) is 0 Å². The van der Waals surface area contributed by atoms with E-state index in [2.05, 4.69) is 25.6 Å². The number of benzene rings is 2. The molecule has 0 saturated heterocycles. The third kappa shape index (κ3) is 3.30. The standard InChI is InChI=1S/C24H22N6O2/c1-14-12-15(2)24-25-20(32-3)13-30(24)21(14)22(31)17-10-8-16(9-11-17)18-6-4-5-7-19(18)23-26-28-29-27-23/h4-13,22,31H,1-3H3,(H,26,27,28,29)/t22-/m1/s1. The predicted molar refractivity (Wildman–Crippen MR) is 120 cm³/mol. The van der Waals surface area contributed by atoms with Crippen LogP contribution in [0.25, 0.3) is 28.2 Å². The van der Waals surface area contributed by atoms with Crippen LogP contribution in [0.1, 0.15) is 28.5 Å². The number of H-pyrrole nitrogens is 1. The first-order chi connectivity index (χ1) is 15.6. The van der Waals surface area contributed by atoms with Gasteiger partial charge in [-0.05, 0) is 46.9 Å². The van der Waals surface area contributed by atoms with Gasteiger partial charge in [0.1, 0.15) is 11.8 Å². The molecule has 0 aliphatic heterocycles. The van der Waals surface area contributed by atoms with Crippen LogP contribution >= 0.6 is 0 Å². The molecule has 2 N–H and O–H groups in total. The third-order valence-corrected chi connectivity index (χ3v) is 5.65. The molecule has 1 atom stereocenters. The number of methoxy groups -OCH3 is 1. The maximum atomic E-state index is 11.3. The molecule has 160 valence electrons. The van der Waals surface area contributed by atoms with Crippen molar-refractivity contribution in [2.75, 3.05) is 7.11 Å². The van der Waals surface area contributed by atoms with E-state index in [0.717, 1.165) is 44.7 Å². The van der Waals surface area contributed by atoms with Gasteiger partial charge in [-0.25, -0.2) is 0 Å². The van der Waals surface area contributed by atoms with Crippen molar-refractivity contribution in [1.82, 2.24) is 30.0 Å². The number of aliphatic hydroxyl groups excluding tert-OH is 1. The van der Waals surface area contributed by atoms with Crippen LogP contribution in [0.15, 0.2) is 60.8 Å². The lowest BCUT2D eigenvalue weighted by Crippen LogP contribution is -2.09. The summed E-state index contributed by atoms with van der Waals surface area (Å²) >= 11 is 0. The lowest BCUT2D eigenvalue weighted by molar-refractivity contribution is 0.213. The number of hydrogen-bond donors (Lipinski definition) is 2. The Hall–Kier alpha value is -4.04. The summed E-state index contributed by atoms with van der Waals surface area (Å²) < 4.78 is 7.22. The fourth-order valence-electron chi connectivity index (χ4n) is 4.13. The Bertz CT molecular complexity index is 1390. The van der Waals surface area contributed by atoms with E-state index in [4.69, 9.17) is 4.74 Å². The minimum absolute atomic E-state index is 0.514. The zero-order chi connectivity index (χ0) is 22.2. The summed E-state index contributed by atoms with van der Waals surface area (Å²) in [5, 5.41) is 25.7. The average molecular weight is 426 g/mol. The van der Waals surface area contributed by atoms with E-state index >= 15 is 0 Å². The van der Waals surface area contributed by atoms with Crippen molar-refractivity contribution in [3.05, 3.63) is 83.2 Å². The number of nitrogens with zero attached hydrogens (tertiary/aromatic N) is 5. The number of hydrogen-bond acceptors (Lipinski definition) is 6. The number of fused-ring (bicyclic) bond motifs is 1. The molecule has 0 aliphatic rings. The fraction of sp³-hybridized carbons (Fsp3) is 0.167. The normalized spacial score (nSPS) is 12.2. The average Bonchev–Trinajstić information content (AvgIpc) is 3.50. The van der Waals surface area contributed by atoms with E-state index in [1.165, 1.54) is 0 Å². The molecule has 5 aromatic rings. The minimum Gasteiger partial charge on any atom is -0.480 e. The largest absolute Gasteiger partial charge is 0.480 e. The second-order valence-electron chi connectivity index (χ2n) is 7.68. The van der Waals surface area contributed by atoms with Gasteiger partial charge in [-0.3, -0.25) is 4.40 Å². The molecule has 2 aromatic carbocycles. The zero-order valence-corrected chi connectivity index (χ0v) is 17.9. The Morgan fingerprint density at radius 2 is 1.75 bits per heavy atom. The Kier molecular flexibility index (Phi) is 4.91. The minimum atomic E-state index is -0.821. The Morgan fingerprint density at radius 3 is 2.44 bits per heavy atom. The van der Waals surface area contributed by atoms with Crippen molar-refractivity contribution in [2.24, 2.45) is 0 Å². The van der Waals surface area contributed by atoms with Gasteiger partial charge >= 0.3 is 0 Å². The molecule has 0 amide bonds. The molecule has 0 spiro atoms. The van der Waals surface area contributed by atoms with Crippen LogP contribution in [0.2, 0.25) is 0 Å². The van der Waals surface area contributed by atoms with Crippen LogP contribution in [-0.2, 0) is 0 Å². The number of pyridine rings is 1. The second-order valence-corrected chi connectivity index (χ2v) is 7.68. The van der Waals surface area contributed by atoms with E-state index in [1.54, 1.807) is 7.11 Å². The molecule has 0 bridgehead atoms. The van der Waals surface area contributed by atoms with E-state index in [9.17, 15) is 5.11 Å². The van der Waals surface area contributed by atoms with Gasteiger partial charge in [0.15, 0.2) is 0 Å². The smallest absolute Gasteiger partial charge is 0.232 e. The molecule has 5 rings (SSSR count). The maximum absolute atomic E-state index is 11.3. The van der Waals surface area contributed by atoms with E-state index in [0.29, 0.717) is 11.7 Å². The molecule has 0 fully saturated rings. The highest BCUT2D eigenvalue weighted by Gasteiger charge is 2.20. The zero-order valence-electron chi connectivity index (χ0n) is 17.9. The summed E-state index contributed by atoms with van der Waals surface area (Å²) in [5.41, 5.74) is 7.19. The molecule has 32 heavy (non-hydrogen) atoms. The number of tetrazole rings is 1. The molecule has 0 unspecified atom stereocenters. The van der Waals surface area contributed by atoms with Crippen molar-refractivity contribution in [3.8, 4) is 28.4 Å². The van der Waals surface area contributed by atoms with Crippen molar-refractivity contribution >= 4 is 5.65 Å². The number of aliphatic hydroxyl groups is 1. The maximum Gasteiger partial charge on any atom is 0.232 e. The first kappa shape index (κ1) is 19.9. The van der Waals surface area contributed by atoms with Gasteiger partial charge < -0.3 is 9.84 Å². The van der Waals surface area contributed by atoms with Gasteiger partial charge in [0, 0.05) is 5.56 Å². The van der Waals surface area contributed by atoms with Crippen LogP contribution in [0.4, 0.5) is 0 Å². The highest BCUT2D eigenvalue weighted by Crippen LogP contribution is 2.33. The molecule has 0 radical (unpaired) electrons. The number of aromatic amines is 1. The van der Waals surface area contributed by atoms with E-state index in [-0.39, 0.29) is 0 Å². The van der Waals surface area contributed by atoms with Crippen LogP contribution in [0, 0.1) is 13.8 Å². The Balaban J connectivity index is 1.54. The highest BCUT2D eigenvalue weighted by atomic mass is 16.5. The van der Waals surface area contributed by atoms with Crippen LogP contribution in [0.5, 0.6) is 5.88 Å². The predicted octanol–water partition coefficient (Wildman–Crippen LogP) is 3.89. The molecular weight excluding hydrogens is 404 g/mol. The number of nitrogens with one attached hydrogen (secondary N) is 1. The quantitative estimate of drug-likeness (QED) is 0.442. The van der Waals surface area contributed by atoms with Crippen LogP contribution in [0.3, 0.4) is 0 Å². The molecule has 3 aromatic heterocycles. The van der Waals surface area contributed by atoms with Gasteiger partial charge in [-0.1, -0.05) is 54.6 Å². The number of rotatable bonds is 5. The molecule has 8 nitrogen and oxygen atoms in total. The topological polar surface area (TPSA) is 101 Å². The van der Waals surface area contributed by atoms with Crippen molar-refractivity contribution in [2.45, 2.75) is 20.0 Å². The van der Waals surface area contributed by atoms with Crippen LogP contribution < -0.4 is 4.74 Å². The number of ether oxygens (including phenoxy) is 1. The van der Waals surface area contributed by atoms with Crippen molar-refractivity contribution in [1.29, 1.82) is 0 Å². The second kappa shape index (κ2) is 7.90. The van der Waals surface area contributed by atoms with Gasteiger partial charge in [0.05, 0.1) is 19.0 Å². The summed E-state index contributed by atoms with van der Waals surface area (Å²) in [7, 11) is 1.59. The SMILES string of the molecule is COc1cn2c([C@H](O)c3ccc(-c4ccccc4-c4nn[nH]n4)cc3)c(C)cc(C)c2n1. The summed E-state index contributed by atoms with van der Waals surface area (Å²) in [4.78, 5) is 4.51. The summed E-state index contributed by atoms with van der Waals surface area (Å²) in [5.74, 6) is 1.05. The summed E-state index contributed by atoms with van der Waals surface area (Å²) in [6, 6.07) is 17.8. The molecule has 3 heterocycles.